The Hall–Kier alpha value is -3.55. The lowest BCUT2D eigenvalue weighted by atomic mass is 10.2. The van der Waals surface area contributed by atoms with E-state index in [0.29, 0.717) is 30.9 Å². The van der Waals surface area contributed by atoms with Crippen LogP contribution in [0, 0.1) is 0 Å². The summed E-state index contributed by atoms with van der Waals surface area (Å²) in [4.78, 5) is 68.9. The molecule has 46 heavy (non-hydrogen) atoms. The zero-order chi connectivity index (χ0) is 41.6. The number of carboxylic acids is 1. The Bertz CT molecular complexity index is 1190. The summed E-state index contributed by atoms with van der Waals surface area (Å²) in [5, 5.41) is 41.7. The summed E-state index contributed by atoms with van der Waals surface area (Å²) < 4.78 is 84.1. The number of nitrogens with two attached hydrogens (primary N) is 1. The molecule has 0 bridgehead atoms. The third-order valence-corrected chi connectivity index (χ3v) is 5.62. The Morgan fingerprint density at radius 2 is 1.15 bits per heavy atom. The maximum Gasteiger partial charge on any atom is 0.490 e. The van der Waals surface area contributed by atoms with Crippen molar-refractivity contribution in [3.63, 3.8) is 0 Å². The quantitative estimate of drug-likeness (QED) is 0.0463. The van der Waals surface area contributed by atoms with Crippen LogP contribution in [0.2, 0.25) is 0 Å². The zero-order valence-electron chi connectivity index (χ0n) is 32.3. The first-order chi connectivity index (χ1) is 24.2. The molecular formula is C27H49F3N6O10. The molecule has 0 radical (unpaired) electrons. The molecule has 0 atom stereocenters. The summed E-state index contributed by atoms with van der Waals surface area (Å²) in [5.74, 6) is -8.28. The smallest absolute Gasteiger partial charge is 0.475 e. The number of carboxylic acid groups (broad SMARTS) is 1. The molecule has 0 aliphatic heterocycles. The van der Waals surface area contributed by atoms with Gasteiger partial charge in [-0.15, -0.1) is 0 Å². The van der Waals surface area contributed by atoms with Crippen LogP contribution < -0.4 is 16.4 Å². The fourth-order valence-electron chi connectivity index (χ4n) is 3.12. The molecule has 268 valence electrons. The van der Waals surface area contributed by atoms with Gasteiger partial charge < -0.3 is 21.5 Å². The standard InChI is InChI=1S/C25H48N6O8.C2HF3O2/c1-21(32)29(37)18-9-3-6-16-27-22(33)12-14-25(36)31(39)20-10-4-7-17-28-23(34)11-13-24(35)30(38)19-8-2-5-15-26;3-2(4,5)1(6)7/h37-39H,2-20,26H2,1H3,(H,27,33)(H,28,34);(H,6,7)/i1D3,12D2,14D2;. The molecule has 8 N–H and O–H groups in total. The molecule has 0 aromatic carbocycles. The second-order valence-corrected chi connectivity index (χ2v) is 9.50. The number of alkyl halides is 3. The van der Waals surface area contributed by atoms with Gasteiger partial charge in [-0.2, -0.15) is 13.2 Å². The summed E-state index contributed by atoms with van der Waals surface area (Å²) in [6.07, 6.45) is -8.42. The molecular weight excluding hydrogens is 625 g/mol. The number of aliphatic carboxylic acids is 1. The van der Waals surface area contributed by atoms with E-state index >= 15 is 0 Å². The summed E-state index contributed by atoms with van der Waals surface area (Å²) in [6, 6.07) is 0. The van der Waals surface area contributed by atoms with Gasteiger partial charge in [-0.3, -0.25) is 39.6 Å². The third-order valence-electron chi connectivity index (χ3n) is 5.62. The summed E-state index contributed by atoms with van der Waals surface area (Å²) in [7, 11) is 0. The highest BCUT2D eigenvalue weighted by molar-refractivity contribution is 5.83. The third kappa shape index (κ3) is 26.8. The normalized spacial score (nSPS) is 13.8. The van der Waals surface area contributed by atoms with Gasteiger partial charge in [0.25, 0.3) is 0 Å². The first-order valence-electron chi connectivity index (χ1n) is 17.8. The fraction of sp³-hybridized carbons (Fsp3) is 0.778. The number of halogens is 3. The molecule has 0 unspecified atom stereocenters. The van der Waals surface area contributed by atoms with Crippen LogP contribution in [0.3, 0.4) is 0 Å². The molecule has 0 fully saturated rings. The topological polar surface area (TPSA) is 243 Å². The molecule has 5 amide bonds. The van der Waals surface area contributed by atoms with Gasteiger partial charge in [0.05, 0.1) is 0 Å². The number of hydrogen-bond donors (Lipinski definition) is 7. The summed E-state index contributed by atoms with van der Waals surface area (Å²) in [5.41, 5.74) is 5.38. The van der Waals surface area contributed by atoms with Crippen LogP contribution in [0.4, 0.5) is 13.2 Å². The van der Waals surface area contributed by atoms with Crippen LogP contribution in [-0.4, -0.2) is 117 Å². The van der Waals surface area contributed by atoms with Crippen molar-refractivity contribution in [3.05, 3.63) is 0 Å². The Morgan fingerprint density at radius 1 is 0.696 bits per heavy atom. The molecule has 0 aliphatic rings. The summed E-state index contributed by atoms with van der Waals surface area (Å²) >= 11 is 0. The second-order valence-electron chi connectivity index (χ2n) is 9.50. The van der Waals surface area contributed by atoms with Crippen molar-refractivity contribution in [2.75, 3.05) is 39.3 Å². The van der Waals surface area contributed by atoms with Crippen LogP contribution >= 0.6 is 0 Å². The van der Waals surface area contributed by atoms with Crippen LogP contribution in [0.25, 0.3) is 0 Å². The summed E-state index contributed by atoms with van der Waals surface area (Å²) in [6.45, 7) is -2.90. The van der Waals surface area contributed by atoms with E-state index in [4.69, 9.17) is 25.2 Å². The monoisotopic (exact) mass is 681 g/mol. The van der Waals surface area contributed by atoms with E-state index in [1.54, 1.807) is 0 Å². The highest BCUT2D eigenvalue weighted by Gasteiger charge is 2.38. The highest BCUT2D eigenvalue weighted by Crippen LogP contribution is 2.13. The van der Waals surface area contributed by atoms with Gasteiger partial charge in [0.1, 0.15) is 0 Å². The van der Waals surface area contributed by atoms with Crippen LogP contribution in [0.15, 0.2) is 0 Å². The Morgan fingerprint density at radius 3 is 1.63 bits per heavy atom. The van der Waals surface area contributed by atoms with Crippen molar-refractivity contribution in [2.45, 2.75) is 96.4 Å². The van der Waals surface area contributed by atoms with E-state index in [1.807, 2.05) is 0 Å². The first kappa shape index (κ1) is 32.4. The van der Waals surface area contributed by atoms with E-state index in [-0.39, 0.29) is 81.4 Å². The zero-order valence-corrected chi connectivity index (χ0v) is 25.3. The number of carbonyl (C=O) groups excluding carboxylic acids is 5. The van der Waals surface area contributed by atoms with Gasteiger partial charge in [0, 0.05) is 74.8 Å². The Kier molecular flexibility index (Phi) is 18.8. The number of amides is 5. The second kappa shape index (κ2) is 26.6. The molecule has 0 rings (SSSR count). The van der Waals surface area contributed by atoms with E-state index < -0.39 is 61.3 Å². The largest absolute Gasteiger partial charge is 0.490 e. The molecule has 0 aromatic heterocycles. The van der Waals surface area contributed by atoms with E-state index in [9.17, 15) is 52.8 Å². The maximum atomic E-state index is 12.5. The number of hydrogen-bond acceptors (Lipinski definition) is 10. The molecule has 0 saturated heterocycles. The lowest BCUT2D eigenvalue weighted by Crippen LogP contribution is -2.31. The lowest BCUT2D eigenvalue weighted by Gasteiger charge is -2.15. The van der Waals surface area contributed by atoms with Crippen molar-refractivity contribution in [1.29, 1.82) is 0 Å². The van der Waals surface area contributed by atoms with Gasteiger partial charge >= 0.3 is 12.1 Å². The van der Waals surface area contributed by atoms with Crippen LogP contribution in [-0.2, 0) is 28.8 Å². The van der Waals surface area contributed by atoms with E-state index in [1.165, 1.54) is 0 Å². The fourth-order valence-corrected chi connectivity index (χ4v) is 3.12. The molecule has 0 saturated carbocycles. The van der Waals surface area contributed by atoms with Gasteiger partial charge in [-0.25, -0.2) is 20.0 Å². The van der Waals surface area contributed by atoms with Gasteiger partial charge in [0.2, 0.25) is 29.5 Å². The SMILES string of the molecule is O=C(O)C(F)(F)F.[2H]C([2H])([2H])C(=O)N(O)CCCCCNC(=O)C([2H])([2H])C([2H])([2H])C(=O)N(O)CCCCCNC(=O)CCC(=O)N(O)CCCCCN. The van der Waals surface area contributed by atoms with Gasteiger partial charge in [0.15, 0.2) is 0 Å². The minimum atomic E-state index is -5.08. The average Bonchev–Trinajstić information content (AvgIpc) is 3.06. The number of carbonyl (C=O) groups is 6. The predicted octanol–water partition coefficient (Wildman–Crippen LogP) is 1.56. The lowest BCUT2D eigenvalue weighted by molar-refractivity contribution is -0.192. The van der Waals surface area contributed by atoms with E-state index in [0.717, 1.165) is 12.8 Å². The number of nitrogens with zero attached hydrogens (tertiary/aromatic N) is 3. The van der Waals surface area contributed by atoms with Gasteiger partial charge in [-0.1, -0.05) is 6.42 Å². The first-order valence-corrected chi connectivity index (χ1v) is 14.3. The minimum Gasteiger partial charge on any atom is -0.475 e. The molecule has 0 spiro atoms. The maximum absolute atomic E-state index is 12.5. The van der Waals surface area contributed by atoms with E-state index in [2.05, 4.69) is 10.6 Å². The van der Waals surface area contributed by atoms with Crippen molar-refractivity contribution in [1.82, 2.24) is 25.8 Å². The molecule has 0 heterocycles. The van der Waals surface area contributed by atoms with Crippen LogP contribution in [0.1, 0.15) is 99.8 Å². The van der Waals surface area contributed by atoms with Crippen molar-refractivity contribution in [3.8, 4) is 0 Å². The number of unbranched alkanes of at least 4 members (excludes halogenated alkanes) is 6. The number of nitrogens with one attached hydrogen (secondary N) is 2. The van der Waals surface area contributed by atoms with Crippen molar-refractivity contribution >= 4 is 35.5 Å². The van der Waals surface area contributed by atoms with Crippen LogP contribution in [0.5, 0.6) is 0 Å². The molecule has 0 aliphatic carbocycles. The minimum absolute atomic E-state index is 0.00677. The Labute approximate surface area is 275 Å². The average molecular weight is 682 g/mol. The molecule has 16 nitrogen and oxygen atoms in total. The number of hydroxylamine groups is 6. The van der Waals surface area contributed by atoms with Gasteiger partial charge in [-0.05, 0) is 57.9 Å². The van der Waals surface area contributed by atoms with Crippen molar-refractivity contribution in [2.24, 2.45) is 5.73 Å². The van der Waals surface area contributed by atoms with Crippen molar-refractivity contribution < 1.29 is 72.3 Å². The number of rotatable bonds is 23. The highest BCUT2D eigenvalue weighted by atomic mass is 19.4. The predicted molar refractivity (Wildman–Crippen MR) is 155 cm³/mol. The Balaban J connectivity index is 0. The molecule has 19 heteroatoms. The molecule has 0 aromatic rings.